The van der Waals surface area contributed by atoms with Gasteiger partial charge >= 0.3 is 0 Å². The van der Waals surface area contributed by atoms with E-state index in [2.05, 4.69) is 4.40 Å². The zero-order chi connectivity index (χ0) is 25.2. The molecule has 6 nitrogen and oxygen atoms in total. The molecule has 0 radical (unpaired) electrons. The second-order valence-electron chi connectivity index (χ2n) is 8.93. The number of fused-ring (bicyclic) bond motifs is 1. The van der Waals surface area contributed by atoms with Crippen LogP contribution in [0.5, 0.6) is 0 Å². The summed E-state index contributed by atoms with van der Waals surface area (Å²) in [5.41, 5.74) is 5.44. The maximum Gasteiger partial charge on any atom is 0.223 e. The number of halogens is 2. The van der Waals surface area contributed by atoms with Crippen molar-refractivity contribution in [3.63, 3.8) is 0 Å². The van der Waals surface area contributed by atoms with Crippen molar-refractivity contribution in [1.29, 1.82) is 0 Å². The number of benzene rings is 2. The summed E-state index contributed by atoms with van der Waals surface area (Å²) in [4.78, 5) is 33.2. The van der Waals surface area contributed by atoms with Gasteiger partial charge in [0, 0.05) is 66.9 Å². The Morgan fingerprint density at radius 3 is 2.22 bits per heavy atom. The van der Waals surface area contributed by atoms with Gasteiger partial charge in [0.1, 0.15) is 5.65 Å². The van der Waals surface area contributed by atoms with Crippen molar-refractivity contribution < 1.29 is 9.59 Å². The SMILES string of the molecule is CC(=O)N1CCN(C(=O)CCc2c(-c3ccc(Cl)cc3)nc3ccc(-c4ccccc4Cl)cn23)CC1. The van der Waals surface area contributed by atoms with Crippen LogP contribution in [-0.2, 0) is 16.0 Å². The number of carbonyl (C=O) groups is 2. The van der Waals surface area contributed by atoms with Crippen LogP contribution in [0.4, 0.5) is 0 Å². The maximum atomic E-state index is 13.1. The summed E-state index contributed by atoms with van der Waals surface area (Å²) in [6.07, 6.45) is 2.91. The van der Waals surface area contributed by atoms with Crippen molar-refractivity contribution in [1.82, 2.24) is 19.2 Å². The number of aromatic nitrogens is 2. The number of carbonyl (C=O) groups excluding carboxylic acids is 2. The summed E-state index contributed by atoms with van der Waals surface area (Å²) in [6, 6.07) is 19.3. The molecule has 0 saturated carbocycles. The molecule has 0 aliphatic carbocycles. The minimum atomic E-state index is 0.0507. The Kier molecular flexibility index (Phi) is 6.99. The Morgan fingerprint density at radius 2 is 1.53 bits per heavy atom. The minimum absolute atomic E-state index is 0.0507. The van der Waals surface area contributed by atoms with E-state index >= 15 is 0 Å². The molecule has 4 aromatic rings. The number of piperazine rings is 1. The van der Waals surface area contributed by atoms with Crippen molar-refractivity contribution >= 4 is 40.7 Å². The molecule has 1 aliphatic rings. The molecular formula is C28H26Cl2N4O2. The molecule has 5 rings (SSSR count). The summed E-state index contributed by atoms with van der Waals surface area (Å²) in [6.45, 7) is 3.84. The third kappa shape index (κ3) is 4.97. The van der Waals surface area contributed by atoms with Crippen LogP contribution in [0, 0.1) is 0 Å². The number of aryl methyl sites for hydroxylation is 1. The first-order chi connectivity index (χ1) is 17.4. The van der Waals surface area contributed by atoms with E-state index in [-0.39, 0.29) is 11.8 Å². The van der Waals surface area contributed by atoms with Crippen molar-refractivity contribution in [2.24, 2.45) is 0 Å². The van der Waals surface area contributed by atoms with E-state index in [1.165, 1.54) is 0 Å². The number of hydrogen-bond acceptors (Lipinski definition) is 3. The summed E-state index contributed by atoms with van der Waals surface area (Å²) in [5.74, 6) is 0.132. The van der Waals surface area contributed by atoms with Crippen LogP contribution in [-0.4, -0.2) is 57.2 Å². The van der Waals surface area contributed by atoms with E-state index < -0.39 is 0 Å². The molecule has 0 bridgehead atoms. The highest BCUT2D eigenvalue weighted by Gasteiger charge is 2.23. The Bertz CT molecular complexity index is 1420. The van der Waals surface area contributed by atoms with Crippen LogP contribution in [0.1, 0.15) is 19.0 Å². The van der Waals surface area contributed by atoms with Gasteiger partial charge in [0.15, 0.2) is 0 Å². The first kappa shape index (κ1) is 24.3. The number of hydrogen-bond donors (Lipinski definition) is 0. The van der Waals surface area contributed by atoms with Crippen LogP contribution in [0.15, 0.2) is 66.9 Å². The molecule has 184 valence electrons. The third-order valence-corrected chi connectivity index (χ3v) is 7.25. The van der Waals surface area contributed by atoms with Gasteiger partial charge in [-0.1, -0.05) is 53.5 Å². The van der Waals surface area contributed by atoms with E-state index in [1.807, 2.05) is 71.8 Å². The normalized spacial score (nSPS) is 13.9. The highest BCUT2D eigenvalue weighted by Crippen LogP contribution is 2.31. The van der Waals surface area contributed by atoms with Crippen LogP contribution < -0.4 is 0 Å². The zero-order valence-corrected chi connectivity index (χ0v) is 21.5. The molecule has 36 heavy (non-hydrogen) atoms. The van der Waals surface area contributed by atoms with Crippen molar-refractivity contribution in [2.45, 2.75) is 19.8 Å². The summed E-state index contributed by atoms with van der Waals surface area (Å²) in [7, 11) is 0. The molecule has 1 fully saturated rings. The van der Waals surface area contributed by atoms with Crippen LogP contribution in [0.3, 0.4) is 0 Å². The average Bonchev–Trinajstić information content (AvgIpc) is 3.25. The molecule has 2 aromatic carbocycles. The van der Waals surface area contributed by atoms with Gasteiger partial charge in [-0.05, 0) is 42.3 Å². The number of imidazole rings is 1. The van der Waals surface area contributed by atoms with E-state index in [0.29, 0.717) is 49.1 Å². The quantitative estimate of drug-likeness (QED) is 0.344. The number of nitrogens with zero attached hydrogens (tertiary/aromatic N) is 4. The lowest BCUT2D eigenvalue weighted by molar-refractivity contribution is -0.138. The maximum absolute atomic E-state index is 13.1. The molecule has 0 N–H and O–H groups in total. The Balaban J connectivity index is 1.47. The average molecular weight is 521 g/mol. The molecule has 2 amide bonds. The molecule has 1 saturated heterocycles. The largest absolute Gasteiger partial charge is 0.339 e. The lowest BCUT2D eigenvalue weighted by Crippen LogP contribution is -2.50. The van der Waals surface area contributed by atoms with Crippen LogP contribution >= 0.6 is 23.2 Å². The topological polar surface area (TPSA) is 57.9 Å². The molecular weight excluding hydrogens is 495 g/mol. The van der Waals surface area contributed by atoms with Gasteiger partial charge in [0.05, 0.1) is 11.4 Å². The minimum Gasteiger partial charge on any atom is -0.339 e. The number of rotatable bonds is 5. The fourth-order valence-corrected chi connectivity index (χ4v) is 5.05. The van der Waals surface area contributed by atoms with Gasteiger partial charge in [0.25, 0.3) is 0 Å². The molecule has 3 heterocycles. The van der Waals surface area contributed by atoms with Gasteiger partial charge in [0.2, 0.25) is 11.8 Å². The predicted octanol–water partition coefficient (Wildman–Crippen LogP) is 5.60. The molecule has 1 aliphatic heterocycles. The monoisotopic (exact) mass is 520 g/mol. The van der Waals surface area contributed by atoms with Crippen LogP contribution in [0.2, 0.25) is 10.0 Å². The zero-order valence-electron chi connectivity index (χ0n) is 20.0. The molecule has 0 spiro atoms. The van der Waals surface area contributed by atoms with E-state index in [9.17, 15) is 9.59 Å². The van der Waals surface area contributed by atoms with Crippen molar-refractivity contribution in [2.75, 3.05) is 26.2 Å². The molecule has 0 atom stereocenters. The van der Waals surface area contributed by atoms with Gasteiger partial charge in [-0.2, -0.15) is 0 Å². The van der Waals surface area contributed by atoms with E-state index in [1.54, 1.807) is 11.8 Å². The summed E-state index contributed by atoms with van der Waals surface area (Å²) >= 11 is 12.6. The number of pyridine rings is 1. The second kappa shape index (κ2) is 10.3. The number of amides is 2. The highest BCUT2D eigenvalue weighted by molar-refractivity contribution is 6.33. The van der Waals surface area contributed by atoms with Gasteiger partial charge in [-0.25, -0.2) is 4.98 Å². The van der Waals surface area contributed by atoms with Crippen molar-refractivity contribution in [3.05, 3.63) is 82.6 Å². The summed E-state index contributed by atoms with van der Waals surface area (Å²) < 4.78 is 2.06. The Labute approximate surface area is 220 Å². The fraction of sp³-hybridized carbons (Fsp3) is 0.250. The van der Waals surface area contributed by atoms with E-state index in [0.717, 1.165) is 33.7 Å². The van der Waals surface area contributed by atoms with Crippen LogP contribution in [0.25, 0.3) is 28.0 Å². The molecule has 2 aromatic heterocycles. The fourth-order valence-electron chi connectivity index (χ4n) is 4.68. The predicted molar refractivity (Wildman–Crippen MR) is 143 cm³/mol. The third-order valence-electron chi connectivity index (χ3n) is 6.67. The lowest BCUT2D eigenvalue weighted by atomic mass is 10.1. The Hall–Kier alpha value is -3.35. The highest BCUT2D eigenvalue weighted by atomic mass is 35.5. The van der Waals surface area contributed by atoms with Gasteiger partial charge in [-0.15, -0.1) is 0 Å². The van der Waals surface area contributed by atoms with Gasteiger partial charge < -0.3 is 14.2 Å². The summed E-state index contributed by atoms with van der Waals surface area (Å²) in [5, 5.41) is 1.33. The van der Waals surface area contributed by atoms with E-state index in [4.69, 9.17) is 28.2 Å². The van der Waals surface area contributed by atoms with Gasteiger partial charge in [-0.3, -0.25) is 9.59 Å². The standard InChI is InChI=1S/C28H26Cl2N4O2/c1-19(35)32-14-16-33(17-15-32)27(36)13-11-25-28(20-6-9-22(29)10-7-20)31-26-12-8-21(18-34(25)26)23-4-2-3-5-24(23)30/h2-10,12,18H,11,13-17H2,1H3. The first-order valence-electron chi connectivity index (χ1n) is 12.0. The second-order valence-corrected chi connectivity index (χ2v) is 9.77. The smallest absolute Gasteiger partial charge is 0.223 e. The van der Waals surface area contributed by atoms with Crippen molar-refractivity contribution in [3.8, 4) is 22.4 Å². The molecule has 8 heteroatoms. The molecule has 0 unspecified atom stereocenters. The Morgan fingerprint density at radius 1 is 0.861 bits per heavy atom. The first-order valence-corrected chi connectivity index (χ1v) is 12.7. The lowest BCUT2D eigenvalue weighted by Gasteiger charge is -2.34.